The maximum Gasteiger partial charge on any atom is 0.407 e. The molecule has 0 spiro atoms. The van der Waals surface area contributed by atoms with Crippen molar-refractivity contribution < 1.29 is 32.2 Å². The number of alkyl halides is 3. The summed E-state index contributed by atoms with van der Waals surface area (Å²) in [6.45, 7) is 3.71. The van der Waals surface area contributed by atoms with Crippen LogP contribution < -0.4 is 4.90 Å². The molecule has 0 aromatic carbocycles. The lowest BCUT2D eigenvalue weighted by Gasteiger charge is -2.34. The Balaban J connectivity index is 1.36. The Morgan fingerprint density at radius 3 is 2.73 bits per heavy atom. The number of carbonyl (C=O) groups excluding carboxylic acids is 2. The molecule has 0 bridgehead atoms. The van der Waals surface area contributed by atoms with Gasteiger partial charge in [-0.3, -0.25) is 9.59 Å². The molecule has 33 heavy (non-hydrogen) atoms. The van der Waals surface area contributed by atoms with Gasteiger partial charge >= 0.3 is 6.18 Å². The second kappa shape index (κ2) is 10.7. The number of anilines is 1. The fourth-order valence-corrected chi connectivity index (χ4v) is 4.00. The first-order valence-corrected chi connectivity index (χ1v) is 10.8. The van der Waals surface area contributed by atoms with E-state index in [-0.39, 0.29) is 25.5 Å². The number of nitrogens with zero attached hydrogens (tertiary/aromatic N) is 6. The minimum Gasteiger partial charge on any atom is -0.490 e. The van der Waals surface area contributed by atoms with E-state index in [4.69, 9.17) is 14.7 Å². The predicted octanol–water partition coefficient (Wildman–Crippen LogP) is 2.49. The summed E-state index contributed by atoms with van der Waals surface area (Å²) in [6.07, 6.45) is -3.22. The highest BCUT2D eigenvalue weighted by molar-refractivity contribution is 7.16. The highest BCUT2D eigenvalue weighted by Crippen LogP contribution is 2.36. The molecule has 1 aromatic rings. The van der Waals surface area contributed by atoms with Gasteiger partial charge < -0.3 is 19.3 Å². The number of piperazine rings is 1. The third kappa shape index (κ3) is 6.48. The van der Waals surface area contributed by atoms with Crippen molar-refractivity contribution in [1.29, 1.82) is 5.26 Å². The van der Waals surface area contributed by atoms with Crippen LogP contribution in [0.1, 0.15) is 18.2 Å². The molecule has 1 aromatic heterocycles. The van der Waals surface area contributed by atoms with Gasteiger partial charge in [0.2, 0.25) is 5.91 Å². The van der Waals surface area contributed by atoms with Gasteiger partial charge in [-0.05, 0) is 6.92 Å². The first-order chi connectivity index (χ1) is 15.7. The van der Waals surface area contributed by atoms with Crippen molar-refractivity contribution in [3.05, 3.63) is 23.0 Å². The molecular formula is C19H21F3N6O4S. The maximum absolute atomic E-state index is 13.1. The number of aromatic nitrogens is 1. The molecule has 1 unspecified atom stereocenters. The van der Waals surface area contributed by atoms with E-state index in [0.717, 1.165) is 11.3 Å². The van der Waals surface area contributed by atoms with Crippen LogP contribution in [-0.4, -0.2) is 73.4 Å². The van der Waals surface area contributed by atoms with Gasteiger partial charge in [0.25, 0.3) is 5.91 Å². The SMILES string of the molecule is C[C@@H](COCCC(=O)N1CCN(c2ncc(C#N)s2)CC1)OC1=CN=NC(=O)C1C(F)(F)F. The number of ether oxygens (including phenoxy) is 2. The zero-order chi connectivity index (χ0) is 24.0. The van der Waals surface area contributed by atoms with Crippen LogP contribution in [0.4, 0.5) is 18.3 Å². The first kappa shape index (κ1) is 24.6. The Morgan fingerprint density at radius 2 is 2.09 bits per heavy atom. The second-order valence-electron chi connectivity index (χ2n) is 7.30. The van der Waals surface area contributed by atoms with E-state index in [1.165, 1.54) is 24.5 Å². The lowest BCUT2D eigenvalue weighted by Crippen LogP contribution is -2.49. The zero-order valence-corrected chi connectivity index (χ0v) is 18.4. The maximum atomic E-state index is 13.1. The van der Waals surface area contributed by atoms with E-state index < -0.39 is 29.9 Å². The van der Waals surface area contributed by atoms with Crippen LogP contribution in [0.2, 0.25) is 0 Å². The summed E-state index contributed by atoms with van der Waals surface area (Å²) in [7, 11) is 0. The average molecular weight is 486 g/mol. The van der Waals surface area contributed by atoms with E-state index in [0.29, 0.717) is 31.1 Å². The largest absolute Gasteiger partial charge is 0.490 e. The molecule has 0 aliphatic carbocycles. The number of azo groups is 1. The van der Waals surface area contributed by atoms with Crippen LogP contribution in [0.25, 0.3) is 0 Å². The highest BCUT2D eigenvalue weighted by Gasteiger charge is 2.50. The Bertz CT molecular complexity index is 965. The average Bonchev–Trinajstić information content (AvgIpc) is 3.25. The molecule has 2 atom stereocenters. The molecular weight excluding hydrogens is 465 g/mol. The lowest BCUT2D eigenvalue weighted by molar-refractivity contribution is -0.183. The second-order valence-corrected chi connectivity index (χ2v) is 8.31. The normalized spacial score (nSPS) is 19.8. The van der Waals surface area contributed by atoms with E-state index >= 15 is 0 Å². The predicted molar refractivity (Wildman–Crippen MR) is 109 cm³/mol. The minimum atomic E-state index is -4.84. The van der Waals surface area contributed by atoms with Crippen LogP contribution in [-0.2, 0) is 19.1 Å². The summed E-state index contributed by atoms with van der Waals surface area (Å²) >= 11 is 1.30. The van der Waals surface area contributed by atoms with Crippen molar-refractivity contribution in [2.75, 3.05) is 44.3 Å². The number of hydrogen-bond donors (Lipinski definition) is 0. The van der Waals surface area contributed by atoms with Crippen molar-refractivity contribution in [2.24, 2.45) is 16.1 Å². The summed E-state index contributed by atoms with van der Waals surface area (Å²) in [5.41, 5.74) is 0. The van der Waals surface area contributed by atoms with Gasteiger partial charge in [0, 0.05) is 26.2 Å². The molecule has 3 rings (SSSR count). The Kier molecular flexibility index (Phi) is 7.98. The summed E-state index contributed by atoms with van der Waals surface area (Å²) in [6, 6.07) is 2.05. The van der Waals surface area contributed by atoms with Gasteiger partial charge in [0.1, 0.15) is 22.8 Å². The van der Waals surface area contributed by atoms with Crippen LogP contribution in [0.15, 0.2) is 28.4 Å². The Morgan fingerprint density at radius 1 is 1.36 bits per heavy atom. The molecule has 0 radical (unpaired) electrons. The molecule has 3 heterocycles. The molecule has 178 valence electrons. The third-order valence-corrected chi connectivity index (χ3v) is 5.82. The van der Waals surface area contributed by atoms with Gasteiger partial charge in [-0.2, -0.15) is 23.5 Å². The van der Waals surface area contributed by atoms with Crippen molar-refractivity contribution in [2.45, 2.75) is 25.6 Å². The van der Waals surface area contributed by atoms with Crippen LogP contribution in [0, 0.1) is 17.2 Å². The molecule has 0 saturated carbocycles. The third-order valence-electron chi connectivity index (χ3n) is 4.86. The standard InChI is InChI=1S/C19H21F3N6O4S/c1-12(32-14-10-25-26-17(30)16(14)19(20,21)22)11-31-7-2-15(29)27-3-5-28(6-4-27)18-24-9-13(8-23)33-18/h9-10,12,16H,2-7,11H2,1H3/t12-,16?/m0/s1. The molecule has 14 heteroatoms. The number of hydrogen-bond acceptors (Lipinski definition) is 9. The smallest absolute Gasteiger partial charge is 0.407 e. The summed E-state index contributed by atoms with van der Waals surface area (Å²) < 4.78 is 49.8. The number of rotatable bonds is 8. The van der Waals surface area contributed by atoms with Crippen LogP contribution in [0.5, 0.6) is 0 Å². The Labute approximate surface area is 191 Å². The quantitative estimate of drug-likeness (QED) is 0.518. The van der Waals surface area contributed by atoms with Crippen molar-refractivity contribution in [3.8, 4) is 6.07 Å². The molecule has 2 amide bonds. The van der Waals surface area contributed by atoms with Crippen LogP contribution in [0.3, 0.4) is 0 Å². The van der Waals surface area contributed by atoms with Crippen molar-refractivity contribution in [3.63, 3.8) is 0 Å². The number of amides is 2. The number of nitriles is 1. The molecule has 1 fully saturated rings. The van der Waals surface area contributed by atoms with Gasteiger partial charge in [-0.1, -0.05) is 11.3 Å². The van der Waals surface area contributed by atoms with E-state index in [1.807, 2.05) is 11.0 Å². The van der Waals surface area contributed by atoms with E-state index in [2.05, 4.69) is 15.2 Å². The number of thiazole rings is 1. The Hall–Kier alpha value is -3.05. The molecule has 2 aliphatic heterocycles. The first-order valence-electron chi connectivity index (χ1n) is 10.0. The van der Waals surface area contributed by atoms with Crippen molar-refractivity contribution in [1.82, 2.24) is 9.88 Å². The topological polar surface area (TPSA) is 120 Å². The molecule has 2 aliphatic rings. The van der Waals surface area contributed by atoms with Gasteiger partial charge in [0.05, 0.1) is 32.0 Å². The summed E-state index contributed by atoms with van der Waals surface area (Å²) in [5.74, 6) is -4.64. The van der Waals surface area contributed by atoms with Gasteiger partial charge in [-0.25, -0.2) is 4.98 Å². The number of halogens is 3. The van der Waals surface area contributed by atoms with Crippen molar-refractivity contribution >= 4 is 28.3 Å². The van der Waals surface area contributed by atoms with E-state index in [9.17, 15) is 22.8 Å². The van der Waals surface area contributed by atoms with Gasteiger partial charge in [0.15, 0.2) is 11.0 Å². The number of carbonyl (C=O) groups is 2. The fourth-order valence-electron chi connectivity index (χ4n) is 3.24. The van der Waals surface area contributed by atoms with E-state index in [1.54, 1.807) is 4.90 Å². The fraction of sp³-hybridized carbons (Fsp3) is 0.579. The molecule has 0 N–H and O–H groups in total. The monoisotopic (exact) mass is 486 g/mol. The van der Waals surface area contributed by atoms with Crippen LogP contribution >= 0.6 is 11.3 Å². The molecule has 1 saturated heterocycles. The lowest BCUT2D eigenvalue weighted by atomic mass is 10.1. The van der Waals surface area contributed by atoms with Gasteiger partial charge in [-0.15, -0.1) is 5.11 Å². The molecule has 10 nitrogen and oxygen atoms in total. The summed E-state index contributed by atoms with van der Waals surface area (Å²) in [5, 5.41) is 15.8. The summed E-state index contributed by atoms with van der Waals surface area (Å²) in [4.78, 5) is 32.3. The zero-order valence-electron chi connectivity index (χ0n) is 17.6. The highest BCUT2D eigenvalue weighted by atomic mass is 32.1. The minimum absolute atomic E-state index is 0.0699.